The lowest BCUT2D eigenvalue weighted by Crippen LogP contribution is -2.16. The van der Waals surface area contributed by atoms with Gasteiger partial charge in [0, 0.05) is 24.8 Å². The van der Waals surface area contributed by atoms with E-state index in [0.717, 1.165) is 24.5 Å². The molecule has 0 unspecified atom stereocenters. The van der Waals surface area contributed by atoms with E-state index in [9.17, 15) is 4.79 Å². The van der Waals surface area contributed by atoms with E-state index >= 15 is 0 Å². The molecule has 0 spiro atoms. The Kier molecular flexibility index (Phi) is 1.98. The van der Waals surface area contributed by atoms with Gasteiger partial charge in [0.25, 0.3) is 0 Å². The summed E-state index contributed by atoms with van der Waals surface area (Å²) in [5.74, 6) is 1.08. The Hall–Kier alpha value is -1.91. The minimum absolute atomic E-state index is 0.00694. The van der Waals surface area contributed by atoms with Crippen LogP contribution in [0.1, 0.15) is 28.5 Å². The van der Waals surface area contributed by atoms with Gasteiger partial charge in [-0.15, -0.1) is 0 Å². The third kappa shape index (κ3) is 1.28. The van der Waals surface area contributed by atoms with Gasteiger partial charge < -0.3 is 4.90 Å². The van der Waals surface area contributed by atoms with Gasteiger partial charge in [-0.25, -0.2) is 4.98 Å². The Morgan fingerprint density at radius 1 is 1.47 bits per heavy atom. The number of ketones is 1. The molecule has 2 aromatic rings. The van der Waals surface area contributed by atoms with Gasteiger partial charge in [0.2, 0.25) is 0 Å². The predicted molar refractivity (Wildman–Crippen MR) is 64.7 cm³/mol. The monoisotopic (exact) mass is 230 g/mol. The second-order valence-electron chi connectivity index (χ2n) is 4.52. The highest BCUT2D eigenvalue weighted by molar-refractivity contribution is 5.99. The molecule has 5 heteroatoms. The van der Waals surface area contributed by atoms with Gasteiger partial charge in [-0.2, -0.15) is 9.61 Å². The summed E-state index contributed by atoms with van der Waals surface area (Å²) in [6.07, 6.45) is 2.60. The summed E-state index contributed by atoms with van der Waals surface area (Å²) in [6, 6.07) is 0. The number of aromatic nitrogens is 3. The summed E-state index contributed by atoms with van der Waals surface area (Å²) in [4.78, 5) is 18.2. The van der Waals surface area contributed by atoms with Crippen molar-refractivity contribution in [2.75, 3.05) is 18.5 Å². The highest BCUT2D eigenvalue weighted by Crippen LogP contribution is 2.29. The number of carbonyl (C=O) groups is 1. The molecule has 17 heavy (non-hydrogen) atoms. The number of anilines is 1. The molecule has 0 saturated heterocycles. The van der Waals surface area contributed by atoms with E-state index in [1.807, 2.05) is 14.0 Å². The van der Waals surface area contributed by atoms with Gasteiger partial charge in [-0.1, -0.05) is 0 Å². The van der Waals surface area contributed by atoms with Crippen molar-refractivity contribution in [2.45, 2.75) is 20.3 Å². The van der Waals surface area contributed by atoms with Crippen LogP contribution in [0.25, 0.3) is 5.65 Å². The summed E-state index contributed by atoms with van der Waals surface area (Å²) in [5.41, 5.74) is 3.50. The first-order chi connectivity index (χ1) is 8.09. The molecule has 88 valence electrons. The number of hydrogen-bond acceptors (Lipinski definition) is 4. The minimum atomic E-state index is 0.00694. The van der Waals surface area contributed by atoms with E-state index in [1.165, 1.54) is 5.56 Å². The Balaban J connectivity index is 2.41. The molecule has 1 aliphatic rings. The van der Waals surface area contributed by atoms with Crippen molar-refractivity contribution < 1.29 is 4.79 Å². The first kappa shape index (κ1) is 10.3. The highest BCUT2D eigenvalue weighted by Gasteiger charge is 2.24. The van der Waals surface area contributed by atoms with E-state index in [1.54, 1.807) is 17.6 Å². The van der Waals surface area contributed by atoms with E-state index in [4.69, 9.17) is 0 Å². The SMILES string of the molecule is CC(=O)c1cnn2c3c(c(C)nc12)CCN3C. The van der Waals surface area contributed by atoms with Crippen LogP contribution in [0, 0.1) is 6.92 Å². The van der Waals surface area contributed by atoms with Crippen molar-refractivity contribution in [3.63, 3.8) is 0 Å². The molecule has 0 aromatic carbocycles. The molecular formula is C12H14N4O. The zero-order valence-corrected chi connectivity index (χ0v) is 10.2. The van der Waals surface area contributed by atoms with Gasteiger partial charge in [0.15, 0.2) is 11.4 Å². The molecule has 3 rings (SSSR count). The van der Waals surface area contributed by atoms with Crippen LogP contribution in [0.4, 0.5) is 5.82 Å². The Morgan fingerprint density at radius 2 is 2.24 bits per heavy atom. The van der Waals surface area contributed by atoms with Crippen LogP contribution in [0.5, 0.6) is 0 Å². The van der Waals surface area contributed by atoms with Crippen LogP contribution in [0.15, 0.2) is 6.20 Å². The largest absolute Gasteiger partial charge is 0.359 e. The third-order valence-electron chi connectivity index (χ3n) is 3.36. The van der Waals surface area contributed by atoms with Crippen molar-refractivity contribution in [1.29, 1.82) is 0 Å². The van der Waals surface area contributed by atoms with Gasteiger partial charge in [-0.3, -0.25) is 4.79 Å². The smallest absolute Gasteiger partial charge is 0.168 e. The average Bonchev–Trinajstić information content (AvgIpc) is 2.82. The molecule has 0 atom stereocenters. The van der Waals surface area contributed by atoms with E-state index in [2.05, 4.69) is 15.0 Å². The lowest BCUT2D eigenvalue weighted by atomic mass is 10.2. The number of fused-ring (bicyclic) bond motifs is 3. The molecule has 0 amide bonds. The van der Waals surface area contributed by atoms with Crippen molar-refractivity contribution in [1.82, 2.24) is 14.6 Å². The molecule has 2 aromatic heterocycles. The van der Waals surface area contributed by atoms with Gasteiger partial charge in [-0.05, 0) is 20.3 Å². The second-order valence-corrected chi connectivity index (χ2v) is 4.52. The molecule has 1 aliphatic heterocycles. The van der Waals surface area contributed by atoms with Gasteiger partial charge in [0.05, 0.1) is 11.8 Å². The second kappa shape index (κ2) is 3.29. The Labute approximate surface area is 99.1 Å². The fourth-order valence-corrected chi connectivity index (χ4v) is 2.44. The molecule has 3 heterocycles. The van der Waals surface area contributed by atoms with Crippen molar-refractivity contribution in [3.8, 4) is 0 Å². The third-order valence-corrected chi connectivity index (χ3v) is 3.36. The van der Waals surface area contributed by atoms with Crippen molar-refractivity contribution in [3.05, 3.63) is 23.0 Å². The fraction of sp³-hybridized carbons (Fsp3) is 0.417. The first-order valence-electron chi connectivity index (χ1n) is 5.69. The Bertz CT molecular complexity index is 629. The maximum absolute atomic E-state index is 11.5. The maximum atomic E-state index is 11.5. The predicted octanol–water partition coefficient (Wildman–Crippen LogP) is 1.23. The lowest BCUT2D eigenvalue weighted by Gasteiger charge is -2.13. The van der Waals surface area contributed by atoms with Crippen LogP contribution in [-0.4, -0.2) is 34.0 Å². The quantitative estimate of drug-likeness (QED) is 0.691. The van der Waals surface area contributed by atoms with Crippen LogP contribution < -0.4 is 4.90 Å². The number of Topliss-reactive ketones (excluding diaryl/α,β-unsaturated/α-hetero) is 1. The van der Waals surface area contributed by atoms with E-state index in [0.29, 0.717) is 11.2 Å². The molecule has 0 aliphatic carbocycles. The van der Waals surface area contributed by atoms with Crippen LogP contribution in [-0.2, 0) is 6.42 Å². The number of hydrogen-bond donors (Lipinski definition) is 0. The zero-order chi connectivity index (χ0) is 12.2. The summed E-state index contributed by atoms with van der Waals surface area (Å²) in [5, 5.41) is 4.29. The molecular weight excluding hydrogens is 216 g/mol. The number of likely N-dealkylation sites (N-methyl/N-ethyl adjacent to an activating group) is 1. The van der Waals surface area contributed by atoms with Crippen LogP contribution >= 0.6 is 0 Å². The number of rotatable bonds is 1. The standard InChI is InChI=1S/C12H14N4O/c1-7-9-4-5-15(3)12(9)16-11(14-7)10(6-13-16)8(2)17/h6H,4-5H2,1-3H3. The lowest BCUT2D eigenvalue weighted by molar-refractivity contribution is 0.101. The molecule has 0 bridgehead atoms. The summed E-state index contributed by atoms with van der Waals surface area (Å²) in [7, 11) is 2.04. The topological polar surface area (TPSA) is 50.5 Å². The van der Waals surface area contributed by atoms with E-state index < -0.39 is 0 Å². The Morgan fingerprint density at radius 3 is 2.94 bits per heavy atom. The number of carbonyl (C=O) groups excluding carboxylic acids is 1. The summed E-state index contributed by atoms with van der Waals surface area (Å²) >= 11 is 0. The zero-order valence-electron chi connectivity index (χ0n) is 10.2. The van der Waals surface area contributed by atoms with Crippen LogP contribution in [0.3, 0.4) is 0 Å². The van der Waals surface area contributed by atoms with Crippen molar-refractivity contribution >= 4 is 17.2 Å². The number of aryl methyl sites for hydroxylation is 1. The molecule has 5 nitrogen and oxygen atoms in total. The molecule has 0 N–H and O–H groups in total. The first-order valence-corrected chi connectivity index (χ1v) is 5.69. The van der Waals surface area contributed by atoms with Gasteiger partial charge >= 0.3 is 0 Å². The molecule has 0 radical (unpaired) electrons. The average molecular weight is 230 g/mol. The normalized spacial score (nSPS) is 14.4. The van der Waals surface area contributed by atoms with Crippen LogP contribution in [0.2, 0.25) is 0 Å². The number of nitrogens with zero attached hydrogens (tertiary/aromatic N) is 4. The fourth-order valence-electron chi connectivity index (χ4n) is 2.44. The van der Waals surface area contributed by atoms with Gasteiger partial charge in [0.1, 0.15) is 5.82 Å². The van der Waals surface area contributed by atoms with E-state index in [-0.39, 0.29) is 5.78 Å². The molecule has 0 fully saturated rings. The highest BCUT2D eigenvalue weighted by atomic mass is 16.1. The van der Waals surface area contributed by atoms with Crippen molar-refractivity contribution in [2.24, 2.45) is 0 Å². The summed E-state index contributed by atoms with van der Waals surface area (Å²) < 4.78 is 1.78. The molecule has 0 saturated carbocycles. The summed E-state index contributed by atoms with van der Waals surface area (Å²) in [6.45, 7) is 4.52. The maximum Gasteiger partial charge on any atom is 0.168 e. The minimum Gasteiger partial charge on any atom is -0.359 e.